The summed E-state index contributed by atoms with van der Waals surface area (Å²) in [5.41, 5.74) is 0.542. The van der Waals surface area contributed by atoms with E-state index < -0.39 is 17.6 Å². The fourth-order valence-electron chi connectivity index (χ4n) is 1.04. The van der Waals surface area contributed by atoms with E-state index in [4.69, 9.17) is 0 Å². The summed E-state index contributed by atoms with van der Waals surface area (Å²) in [7, 11) is -3.42. The first-order valence-corrected chi connectivity index (χ1v) is 8.73. The van der Waals surface area contributed by atoms with E-state index in [0.29, 0.717) is 5.56 Å². The Morgan fingerprint density at radius 1 is 1.38 bits per heavy atom. The summed E-state index contributed by atoms with van der Waals surface area (Å²) < 4.78 is 22.5. The predicted molar refractivity (Wildman–Crippen MR) is 79.6 cm³/mol. The number of sulfone groups is 1. The number of halogens is 3. The van der Waals surface area contributed by atoms with Crippen LogP contribution in [-0.4, -0.2) is 21.4 Å². The molecule has 2 unspecified atom stereocenters. The lowest BCUT2D eigenvalue weighted by Gasteiger charge is -2.25. The molecular formula is C9H9Br2IO3S. The smallest absolute Gasteiger partial charge is 0.206 e. The van der Waals surface area contributed by atoms with Crippen molar-refractivity contribution in [1.29, 1.82) is 0 Å². The molecule has 0 fully saturated rings. The molecule has 0 aliphatic rings. The van der Waals surface area contributed by atoms with Crippen LogP contribution in [0.4, 0.5) is 0 Å². The molecular weight excluding hydrogens is 475 g/mol. The summed E-state index contributed by atoms with van der Waals surface area (Å²) in [5.74, 6) is 0. The number of rotatable bonds is 3. The van der Waals surface area contributed by atoms with Gasteiger partial charge in [0.15, 0.2) is 9.84 Å². The van der Waals surface area contributed by atoms with Gasteiger partial charge in [0.05, 0.1) is 0 Å². The van der Waals surface area contributed by atoms with Crippen LogP contribution in [-0.2, 0) is 9.84 Å². The molecule has 0 radical (unpaired) electrons. The average molecular weight is 484 g/mol. The summed E-state index contributed by atoms with van der Waals surface area (Å²) >= 11 is 8.02. The minimum atomic E-state index is -3.42. The maximum atomic E-state index is 11.5. The molecule has 0 heterocycles. The third kappa shape index (κ3) is 3.18. The van der Waals surface area contributed by atoms with Gasteiger partial charge < -0.3 is 5.11 Å². The standard InChI is InChI=1S/C9H9Br2IO3S/c1-16(14,15)9(11,12)8(13)6-2-4-7(10)5-3-6/h2-5,8,13H,1H3. The van der Waals surface area contributed by atoms with Gasteiger partial charge in [0.2, 0.25) is 1.66 Å². The van der Waals surface area contributed by atoms with Gasteiger partial charge >= 0.3 is 0 Å². The topological polar surface area (TPSA) is 54.4 Å². The monoisotopic (exact) mass is 482 g/mol. The van der Waals surface area contributed by atoms with E-state index in [0.717, 1.165) is 10.7 Å². The molecule has 3 nitrogen and oxygen atoms in total. The lowest BCUT2D eigenvalue weighted by atomic mass is 10.1. The molecule has 0 spiro atoms. The fraction of sp³-hybridized carbons (Fsp3) is 0.333. The van der Waals surface area contributed by atoms with E-state index in [1.807, 2.05) is 0 Å². The Morgan fingerprint density at radius 3 is 2.19 bits per heavy atom. The third-order valence-electron chi connectivity index (χ3n) is 2.00. The first-order chi connectivity index (χ1) is 7.16. The maximum Gasteiger partial charge on any atom is 0.206 e. The number of aliphatic hydroxyl groups is 1. The molecule has 1 aromatic rings. The second-order valence-electron chi connectivity index (χ2n) is 3.29. The molecule has 0 aliphatic heterocycles. The first-order valence-electron chi connectivity index (χ1n) is 4.17. The summed E-state index contributed by atoms with van der Waals surface area (Å²) in [5, 5.41) is 10.0. The number of alkyl halides is 2. The predicted octanol–water partition coefficient (Wildman–Crippen LogP) is 3.01. The highest BCUT2D eigenvalue weighted by atomic mass is 127. The van der Waals surface area contributed by atoms with Gasteiger partial charge in [-0.1, -0.05) is 44.0 Å². The van der Waals surface area contributed by atoms with Gasteiger partial charge in [0, 0.05) is 10.7 Å². The van der Waals surface area contributed by atoms with E-state index in [1.165, 1.54) is 0 Å². The molecule has 1 N–H and O–H groups in total. The van der Waals surface area contributed by atoms with Crippen LogP contribution in [0.1, 0.15) is 11.7 Å². The third-order valence-corrected chi connectivity index (χ3v) is 8.93. The minimum absolute atomic E-state index is 0.542. The Morgan fingerprint density at radius 2 is 1.81 bits per heavy atom. The Bertz CT molecular complexity index is 470. The van der Waals surface area contributed by atoms with Crippen LogP contribution >= 0.6 is 54.5 Å². The highest BCUT2D eigenvalue weighted by molar-refractivity contribution is 14.1. The quantitative estimate of drug-likeness (QED) is 0.531. The van der Waals surface area contributed by atoms with E-state index in [2.05, 4.69) is 31.9 Å². The van der Waals surface area contributed by atoms with Crippen molar-refractivity contribution in [3.63, 3.8) is 0 Å². The van der Waals surface area contributed by atoms with Crippen LogP contribution < -0.4 is 0 Å². The summed E-state index contributed by atoms with van der Waals surface area (Å²) in [4.78, 5) is 0. The zero-order valence-electron chi connectivity index (χ0n) is 8.19. The summed E-state index contributed by atoms with van der Waals surface area (Å²) in [6.45, 7) is 0. The van der Waals surface area contributed by atoms with Crippen molar-refractivity contribution in [2.75, 3.05) is 6.26 Å². The van der Waals surface area contributed by atoms with Gasteiger partial charge in [-0.3, -0.25) is 0 Å². The van der Waals surface area contributed by atoms with Gasteiger partial charge in [0.25, 0.3) is 0 Å². The summed E-state index contributed by atoms with van der Waals surface area (Å²) in [6, 6.07) is 6.85. The van der Waals surface area contributed by atoms with Crippen molar-refractivity contribution in [2.24, 2.45) is 0 Å². The molecule has 0 aromatic heterocycles. The largest absolute Gasteiger partial charge is 0.385 e. The van der Waals surface area contributed by atoms with Crippen LogP contribution in [0.5, 0.6) is 0 Å². The lowest BCUT2D eigenvalue weighted by Crippen LogP contribution is -2.31. The van der Waals surface area contributed by atoms with Gasteiger partial charge in [0.1, 0.15) is 6.10 Å². The number of benzene rings is 1. The average Bonchev–Trinajstić information content (AvgIpc) is 2.16. The van der Waals surface area contributed by atoms with E-state index >= 15 is 0 Å². The Labute approximate surface area is 125 Å². The van der Waals surface area contributed by atoms with E-state index in [1.54, 1.807) is 46.9 Å². The normalized spacial score (nSPS) is 17.8. The van der Waals surface area contributed by atoms with Crippen LogP contribution in [0.2, 0.25) is 0 Å². The minimum Gasteiger partial charge on any atom is -0.385 e. The van der Waals surface area contributed by atoms with Crippen LogP contribution in [0.3, 0.4) is 0 Å². The van der Waals surface area contributed by atoms with Gasteiger partial charge in [-0.2, -0.15) is 0 Å². The molecule has 0 amide bonds. The van der Waals surface area contributed by atoms with Crippen molar-refractivity contribution in [2.45, 2.75) is 7.77 Å². The number of hydrogen-bond donors (Lipinski definition) is 1. The van der Waals surface area contributed by atoms with E-state index in [9.17, 15) is 13.5 Å². The molecule has 0 saturated carbocycles. The zero-order valence-corrected chi connectivity index (χ0v) is 14.3. The van der Waals surface area contributed by atoms with E-state index in [-0.39, 0.29) is 0 Å². The zero-order chi connectivity index (χ0) is 12.6. The van der Waals surface area contributed by atoms with Gasteiger partial charge in [-0.05, 0) is 40.3 Å². The van der Waals surface area contributed by atoms with Crippen LogP contribution in [0, 0.1) is 0 Å². The fourth-order valence-corrected chi connectivity index (χ4v) is 2.47. The maximum absolute atomic E-state index is 11.5. The highest BCUT2D eigenvalue weighted by Gasteiger charge is 2.43. The molecule has 90 valence electrons. The Kier molecular flexibility index (Phi) is 4.85. The second-order valence-corrected chi connectivity index (χ2v) is 12.1. The van der Waals surface area contributed by atoms with Crippen molar-refractivity contribution in [1.82, 2.24) is 0 Å². The molecule has 0 bridgehead atoms. The molecule has 7 heteroatoms. The van der Waals surface area contributed by atoms with Gasteiger partial charge in [-0.15, -0.1) is 0 Å². The molecule has 0 saturated heterocycles. The lowest BCUT2D eigenvalue weighted by molar-refractivity contribution is 0.191. The number of aliphatic hydroxyl groups excluding tert-OH is 1. The van der Waals surface area contributed by atoms with Crippen molar-refractivity contribution < 1.29 is 13.5 Å². The van der Waals surface area contributed by atoms with Crippen molar-refractivity contribution >= 4 is 64.3 Å². The summed E-state index contributed by atoms with van der Waals surface area (Å²) in [6.07, 6.45) is -0.0489. The molecule has 1 aromatic carbocycles. The Hall–Kier alpha value is 0.820. The molecule has 0 aliphatic carbocycles. The number of hydrogen-bond acceptors (Lipinski definition) is 3. The second kappa shape index (κ2) is 5.21. The van der Waals surface area contributed by atoms with Crippen molar-refractivity contribution in [3.05, 3.63) is 34.3 Å². The molecule has 16 heavy (non-hydrogen) atoms. The molecule has 1 rings (SSSR count). The Balaban J connectivity index is 3.12. The van der Waals surface area contributed by atoms with Gasteiger partial charge in [-0.25, -0.2) is 8.42 Å². The first kappa shape index (κ1) is 14.9. The SMILES string of the molecule is CS(=O)(=O)C(Br)(I)C(O)c1ccc(Br)cc1. The highest BCUT2D eigenvalue weighted by Crippen LogP contribution is 2.44. The van der Waals surface area contributed by atoms with Crippen LogP contribution in [0.25, 0.3) is 0 Å². The van der Waals surface area contributed by atoms with Crippen molar-refractivity contribution in [3.8, 4) is 0 Å². The molecule has 2 atom stereocenters. The van der Waals surface area contributed by atoms with Crippen LogP contribution in [0.15, 0.2) is 28.7 Å².